The lowest BCUT2D eigenvalue weighted by Gasteiger charge is -2.26. The van der Waals surface area contributed by atoms with Crippen molar-refractivity contribution in [2.45, 2.75) is 58.5 Å². The van der Waals surface area contributed by atoms with Gasteiger partial charge in [0.05, 0.1) is 6.04 Å². The van der Waals surface area contributed by atoms with Crippen LogP contribution in [0.25, 0.3) is 0 Å². The molecule has 1 amide bonds. The molecular formula is C13H24N2O. The third-order valence-electron chi connectivity index (χ3n) is 2.69. The quantitative estimate of drug-likeness (QED) is 0.510. The fourth-order valence-corrected chi connectivity index (χ4v) is 1.13. The summed E-state index contributed by atoms with van der Waals surface area (Å²) in [5.41, 5.74) is -0.133. The number of terminal acetylenes is 1. The molecule has 0 aromatic carbocycles. The lowest BCUT2D eigenvalue weighted by molar-refractivity contribution is -0.124. The van der Waals surface area contributed by atoms with Crippen LogP contribution in [0.1, 0.15) is 47.0 Å². The Morgan fingerprint density at radius 2 is 2.12 bits per heavy atom. The van der Waals surface area contributed by atoms with E-state index in [0.29, 0.717) is 0 Å². The van der Waals surface area contributed by atoms with Crippen LogP contribution in [0, 0.1) is 12.3 Å². The molecule has 1 atom stereocenters. The molecule has 0 aromatic heterocycles. The van der Waals surface area contributed by atoms with Crippen molar-refractivity contribution in [3.05, 3.63) is 0 Å². The van der Waals surface area contributed by atoms with Crippen LogP contribution in [0.15, 0.2) is 0 Å². The summed E-state index contributed by atoms with van der Waals surface area (Å²) in [5, 5.41) is 6.16. The largest absolute Gasteiger partial charge is 0.350 e. The monoisotopic (exact) mass is 224 g/mol. The number of hydrogen-bond acceptors (Lipinski definition) is 2. The molecule has 0 aliphatic rings. The molecule has 0 saturated heterocycles. The highest BCUT2D eigenvalue weighted by molar-refractivity contribution is 5.81. The zero-order valence-electron chi connectivity index (χ0n) is 10.9. The van der Waals surface area contributed by atoms with Crippen LogP contribution in [-0.2, 0) is 4.79 Å². The van der Waals surface area contributed by atoms with Gasteiger partial charge in [-0.05, 0) is 40.2 Å². The number of carbonyl (C=O) groups is 1. The Bertz CT molecular complexity index is 253. The molecule has 2 N–H and O–H groups in total. The SMILES string of the molecule is C#CCCCNC(C)C(=O)NC(C)(C)CC. The molecule has 0 radical (unpaired) electrons. The van der Waals surface area contributed by atoms with Gasteiger partial charge in [-0.25, -0.2) is 0 Å². The van der Waals surface area contributed by atoms with Crippen LogP contribution >= 0.6 is 0 Å². The first-order chi connectivity index (χ1) is 7.43. The first-order valence-corrected chi connectivity index (χ1v) is 5.92. The minimum Gasteiger partial charge on any atom is -0.350 e. The van der Waals surface area contributed by atoms with E-state index in [-0.39, 0.29) is 17.5 Å². The zero-order chi connectivity index (χ0) is 12.6. The Hall–Kier alpha value is -1.01. The maximum absolute atomic E-state index is 11.8. The number of amides is 1. The molecule has 1 unspecified atom stereocenters. The third kappa shape index (κ3) is 6.47. The van der Waals surface area contributed by atoms with E-state index in [9.17, 15) is 4.79 Å². The van der Waals surface area contributed by atoms with E-state index in [1.807, 2.05) is 20.8 Å². The van der Waals surface area contributed by atoms with Gasteiger partial charge in [-0.15, -0.1) is 12.3 Å². The van der Waals surface area contributed by atoms with Crippen LogP contribution in [0.4, 0.5) is 0 Å². The van der Waals surface area contributed by atoms with Gasteiger partial charge in [0.15, 0.2) is 0 Å². The van der Waals surface area contributed by atoms with Crippen LogP contribution < -0.4 is 10.6 Å². The lowest BCUT2D eigenvalue weighted by Crippen LogP contribution is -2.50. The summed E-state index contributed by atoms with van der Waals surface area (Å²) in [6.45, 7) is 8.76. The molecule has 0 aliphatic heterocycles. The summed E-state index contributed by atoms with van der Waals surface area (Å²) in [7, 11) is 0. The molecule has 0 saturated carbocycles. The molecule has 0 bridgehead atoms. The van der Waals surface area contributed by atoms with Gasteiger partial charge in [0.25, 0.3) is 0 Å². The highest BCUT2D eigenvalue weighted by Gasteiger charge is 2.20. The summed E-state index contributed by atoms with van der Waals surface area (Å²) >= 11 is 0. The predicted molar refractivity (Wildman–Crippen MR) is 68.0 cm³/mol. The van der Waals surface area contributed by atoms with Crippen LogP contribution in [-0.4, -0.2) is 24.0 Å². The summed E-state index contributed by atoms with van der Waals surface area (Å²) in [6.07, 6.45) is 7.73. The normalized spacial score (nSPS) is 12.9. The van der Waals surface area contributed by atoms with Crippen LogP contribution in [0.3, 0.4) is 0 Å². The van der Waals surface area contributed by atoms with Crippen molar-refractivity contribution in [2.75, 3.05) is 6.54 Å². The van der Waals surface area contributed by atoms with E-state index in [1.165, 1.54) is 0 Å². The minimum absolute atomic E-state index is 0.0487. The standard InChI is InChI=1S/C13H24N2O/c1-6-8-9-10-14-11(3)12(16)15-13(4,5)7-2/h1,11,14H,7-10H2,2-5H3,(H,15,16). The summed E-state index contributed by atoms with van der Waals surface area (Å²) in [5.74, 6) is 2.63. The minimum atomic E-state index is -0.163. The Morgan fingerprint density at radius 1 is 1.50 bits per heavy atom. The van der Waals surface area contributed by atoms with E-state index in [0.717, 1.165) is 25.8 Å². The Kier molecular flexibility index (Phi) is 6.83. The van der Waals surface area contributed by atoms with E-state index in [1.54, 1.807) is 0 Å². The van der Waals surface area contributed by atoms with E-state index < -0.39 is 0 Å². The molecular weight excluding hydrogens is 200 g/mol. The highest BCUT2D eigenvalue weighted by atomic mass is 16.2. The van der Waals surface area contributed by atoms with E-state index in [4.69, 9.17) is 6.42 Å². The lowest BCUT2D eigenvalue weighted by atomic mass is 10.0. The maximum Gasteiger partial charge on any atom is 0.237 e. The van der Waals surface area contributed by atoms with Gasteiger partial charge in [-0.1, -0.05) is 6.92 Å². The number of hydrogen-bond donors (Lipinski definition) is 2. The van der Waals surface area contributed by atoms with Crippen molar-refractivity contribution < 1.29 is 4.79 Å². The first-order valence-electron chi connectivity index (χ1n) is 5.92. The number of carbonyl (C=O) groups excluding carboxylic acids is 1. The van der Waals surface area contributed by atoms with Gasteiger partial charge in [-0.2, -0.15) is 0 Å². The van der Waals surface area contributed by atoms with Gasteiger partial charge in [-0.3, -0.25) is 4.79 Å². The van der Waals surface area contributed by atoms with Crippen molar-refractivity contribution in [3.8, 4) is 12.3 Å². The van der Waals surface area contributed by atoms with Gasteiger partial charge in [0.2, 0.25) is 5.91 Å². The van der Waals surface area contributed by atoms with Gasteiger partial charge >= 0.3 is 0 Å². The second-order valence-electron chi connectivity index (χ2n) is 4.71. The van der Waals surface area contributed by atoms with Crippen molar-refractivity contribution in [3.63, 3.8) is 0 Å². The third-order valence-corrected chi connectivity index (χ3v) is 2.69. The molecule has 92 valence electrons. The number of unbranched alkanes of at least 4 members (excludes halogenated alkanes) is 1. The average molecular weight is 224 g/mol. The Balaban J connectivity index is 3.87. The fraction of sp³-hybridized carbons (Fsp3) is 0.769. The molecule has 0 aliphatic carbocycles. The summed E-state index contributed by atoms with van der Waals surface area (Å²) in [4.78, 5) is 11.8. The van der Waals surface area contributed by atoms with Crippen molar-refractivity contribution in [1.82, 2.24) is 10.6 Å². The second kappa shape index (κ2) is 7.29. The molecule has 0 heterocycles. The zero-order valence-corrected chi connectivity index (χ0v) is 10.9. The first kappa shape index (κ1) is 15.0. The number of nitrogens with one attached hydrogen (secondary N) is 2. The topological polar surface area (TPSA) is 41.1 Å². The smallest absolute Gasteiger partial charge is 0.237 e. The molecule has 16 heavy (non-hydrogen) atoms. The van der Waals surface area contributed by atoms with Crippen molar-refractivity contribution >= 4 is 5.91 Å². The van der Waals surface area contributed by atoms with Crippen molar-refractivity contribution in [1.29, 1.82) is 0 Å². The number of rotatable bonds is 7. The molecule has 3 nitrogen and oxygen atoms in total. The van der Waals surface area contributed by atoms with Gasteiger partial charge in [0, 0.05) is 12.0 Å². The van der Waals surface area contributed by atoms with Gasteiger partial charge < -0.3 is 10.6 Å². The van der Waals surface area contributed by atoms with Gasteiger partial charge in [0.1, 0.15) is 0 Å². The van der Waals surface area contributed by atoms with Crippen LogP contribution in [0.5, 0.6) is 0 Å². The molecule has 0 spiro atoms. The van der Waals surface area contributed by atoms with E-state index in [2.05, 4.69) is 23.5 Å². The highest BCUT2D eigenvalue weighted by Crippen LogP contribution is 2.06. The fourth-order valence-electron chi connectivity index (χ4n) is 1.13. The maximum atomic E-state index is 11.8. The summed E-state index contributed by atoms with van der Waals surface area (Å²) < 4.78 is 0. The summed E-state index contributed by atoms with van der Waals surface area (Å²) in [6, 6.07) is -0.163. The average Bonchev–Trinajstić information content (AvgIpc) is 2.23. The second-order valence-corrected chi connectivity index (χ2v) is 4.71. The molecule has 0 rings (SSSR count). The van der Waals surface area contributed by atoms with E-state index >= 15 is 0 Å². The Morgan fingerprint density at radius 3 is 2.62 bits per heavy atom. The predicted octanol–water partition coefficient (Wildman–Crippen LogP) is 1.68. The molecule has 3 heteroatoms. The van der Waals surface area contributed by atoms with Crippen LogP contribution in [0.2, 0.25) is 0 Å². The molecule has 0 aromatic rings. The van der Waals surface area contributed by atoms with Crippen molar-refractivity contribution in [2.24, 2.45) is 0 Å². The molecule has 0 fully saturated rings. The Labute approximate surface area is 99.4 Å².